The zero-order chi connectivity index (χ0) is 12.4. The van der Waals surface area contributed by atoms with Crippen LogP contribution in [-0.2, 0) is 4.74 Å². The smallest absolute Gasteiger partial charge is 0.123 e. The van der Waals surface area contributed by atoms with Crippen LogP contribution in [0.2, 0.25) is 0 Å². The summed E-state index contributed by atoms with van der Waals surface area (Å²) in [5.41, 5.74) is 1.84. The molecular weight excluding hydrogens is 231 g/mol. The van der Waals surface area contributed by atoms with Gasteiger partial charge in [-0.2, -0.15) is 0 Å². The molecule has 18 heavy (non-hydrogen) atoms. The van der Waals surface area contributed by atoms with E-state index in [1.807, 2.05) is 30.3 Å². The lowest BCUT2D eigenvalue weighted by Gasteiger charge is -2.06. The first-order valence-corrected chi connectivity index (χ1v) is 5.92. The van der Waals surface area contributed by atoms with Crippen LogP contribution in [0, 0.1) is 5.82 Å². The predicted octanol–water partition coefficient (Wildman–Crippen LogP) is 3.27. The van der Waals surface area contributed by atoms with Crippen molar-refractivity contribution in [3.63, 3.8) is 0 Å². The minimum absolute atomic E-state index is 0.223. The van der Waals surface area contributed by atoms with Crippen LogP contribution < -0.4 is 4.74 Å². The predicted molar refractivity (Wildman–Crippen MR) is 67.1 cm³/mol. The van der Waals surface area contributed by atoms with E-state index in [1.54, 1.807) is 6.07 Å². The molecule has 2 nitrogen and oxygen atoms in total. The van der Waals surface area contributed by atoms with Gasteiger partial charge in [-0.05, 0) is 35.4 Å². The molecule has 0 N–H and O–H groups in total. The van der Waals surface area contributed by atoms with E-state index in [0.29, 0.717) is 6.61 Å². The van der Waals surface area contributed by atoms with Crippen LogP contribution in [-0.4, -0.2) is 19.3 Å². The largest absolute Gasteiger partial charge is 0.491 e. The molecule has 1 atom stereocenters. The van der Waals surface area contributed by atoms with Crippen LogP contribution in [0.3, 0.4) is 0 Å². The fourth-order valence-corrected chi connectivity index (χ4v) is 1.77. The van der Waals surface area contributed by atoms with E-state index in [9.17, 15) is 4.39 Å². The van der Waals surface area contributed by atoms with Crippen molar-refractivity contribution in [1.82, 2.24) is 0 Å². The highest BCUT2D eigenvalue weighted by Crippen LogP contribution is 2.23. The van der Waals surface area contributed by atoms with Gasteiger partial charge in [-0.1, -0.05) is 24.3 Å². The fourth-order valence-electron chi connectivity index (χ4n) is 1.77. The summed E-state index contributed by atoms with van der Waals surface area (Å²) >= 11 is 0. The standard InChI is InChI=1S/C15H13FO2/c16-13-3-1-2-12(8-13)11-4-6-14(7-5-11)17-9-15-10-18-15/h1-8,15H,9-10H2. The van der Waals surface area contributed by atoms with Gasteiger partial charge in [0.05, 0.1) is 6.61 Å². The molecule has 0 amide bonds. The molecule has 2 aromatic carbocycles. The average molecular weight is 244 g/mol. The first kappa shape index (κ1) is 11.2. The first-order chi connectivity index (χ1) is 8.81. The van der Waals surface area contributed by atoms with Crippen molar-refractivity contribution in [2.75, 3.05) is 13.2 Å². The van der Waals surface area contributed by atoms with Gasteiger partial charge in [0, 0.05) is 0 Å². The molecule has 1 fully saturated rings. The highest BCUT2D eigenvalue weighted by Gasteiger charge is 2.22. The molecule has 1 unspecified atom stereocenters. The lowest BCUT2D eigenvalue weighted by Crippen LogP contribution is -2.03. The topological polar surface area (TPSA) is 21.8 Å². The Kier molecular flexibility index (Phi) is 2.99. The van der Waals surface area contributed by atoms with Crippen molar-refractivity contribution in [2.24, 2.45) is 0 Å². The van der Waals surface area contributed by atoms with Crippen molar-refractivity contribution in [1.29, 1.82) is 0 Å². The number of ether oxygens (including phenoxy) is 2. The van der Waals surface area contributed by atoms with E-state index < -0.39 is 0 Å². The van der Waals surface area contributed by atoms with Crippen molar-refractivity contribution in [3.05, 3.63) is 54.3 Å². The van der Waals surface area contributed by atoms with Gasteiger partial charge in [-0.25, -0.2) is 4.39 Å². The van der Waals surface area contributed by atoms with Crippen LogP contribution in [0.15, 0.2) is 48.5 Å². The van der Waals surface area contributed by atoms with Gasteiger partial charge in [-0.3, -0.25) is 0 Å². The van der Waals surface area contributed by atoms with Crippen molar-refractivity contribution >= 4 is 0 Å². The Morgan fingerprint density at radius 1 is 1.11 bits per heavy atom. The average Bonchev–Trinajstić information content (AvgIpc) is 3.21. The van der Waals surface area contributed by atoms with Crippen molar-refractivity contribution in [3.8, 4) is 16.9 Å². The number of benzene rings is 2. The second kappa shape index (κ2) is 4.78. The lowest BCUT2D eigenvalue weighted by atomic mass is 10.1. The highest BCUT2D eigenvalue weighted by atomic mass is 19.1. The van der Waals surface area contributed by atoms with Gasteiger partial charge >= 0.3 is 0 Å². The van der Waals surface area contributed by atoms with E-state index >= 15 is 0 Å². The number of epoxide rings is 1. The second-order valence-electron chi connectivity index (χ2n) is 4.30. The van der Waals surface area contributed by atoms with Crippen LogP contribution >= 0.6 is 0 Å². The first-order valence-electron chi connectivity index (χ1n) is 5.92. The molecule has 3 rings (SSSR count). The molecule has 2 aromatic rings. The molecule has 0 saturated carbocycles. The summed E-state index contributed by atoms with van der Waals surface area (Å²) < 4.78 is 23.7. The summed E-state index contributed by atoms with van der Waals surface area (Å²) in [5.74, 6) is 0.587. The summed E-state index contributed by atoms with van der Waals surface area (Å²) in [4.78, 5) is 0. The Morgan fingerprint density at radius 2 is 1.89 bits per heavy atom. The quantitative estimate of drug-likeness (QED) is 0.770. The summed E-state index contributed by atoms with van der Waals surface area (Å²) in [6, 6.07) is 14.2. The Hall–Kier alpha value is -1.87. The van der Waals surface area contributed by atoms with E-state index in [2.05, 4.69) is 0 Å². The van der Waals surface area contributed by atoms with Gasteiger partial charge < -0.3 is 9.47 Å². The van der Waals surface area contributed by atoms with Gasteiger partial charge in [0.25, 0.3) is 0 Å². The van der Waals surface area contributed by atoms with E-state index in [4.69, 9.17) is 9.47 Å². The molecule has 92 valence electrons. The van der Waals surface area contributed by atoms with Crippen LogP contribution in [0.25, 0.3) is 11.1 Å². The molecule has 1 aliphatic rings. The van der Waals surface area contributed by atoms with Crippen LogP contribution in [0.1, 0.15) is 0 Å². The van der Waals surface area contributed by atoms with Crippen molar-refractivity contribution in [2.45, 2.75) is 6.10 Å². The monoisotopic (exact) mass is 244 g/mol. The van der Waals surface area contributed by atoms with E-state index in [0.717, 1.165) is 23.5 Å². The molecular formula is C15H13FO2. The Morgan fingerprint density at radius 3 is 2.56 bits per heavy atom. The Labute approximate surface area is 105 Å². The number of hydrogen-bond donors (Lipinski definition) is 0. The molecule has 1 saturated heterocycles. The Bertz CT molecular complexity index is 532. The normalized spacial score (nSPS) is 17.5. The summed E-state index contributed by atoms with van der Waals surface area (Å²) in [6.45, 7) is 1.39. The number of hydrogen-bond acceptors (Lipinski definition) is 2. The maximum absolute atomic E-state index is 13.1. The Balaban J connectivity index is 1.73. The maximum atomic E-state index is 13.1. The molecule has 0 radical (unpaired) electrons. The zero-order valence-corrected chi connectivity index (χ0v) is 9.80. The highest BCUT2D eigenvalue weighted by molar-refractivity contribution is 5.64. The fraction of sp³-hybridized carbons (Fsp3) is 0.200. The second-order valence-corrected chi connectivity index (χ2v) is 4.30. The summed E-state index contributed by atoms with van der Waals surface area (Å²) in [5, 5.41) is 0. The van der Waals surface area contributed by atoms with Crippen LogP contribution in [0.4, 0.5) is 4.39 Å². The summed E-state index contributed by atoms with van der Waals surface area (Å²) in [6.07, 6.45) is 0.257. The minimum Gasteiger partial charge on any atom is -0.491 e. The molecule has 3 heteroatoms. The van der Waals surface area contributed by atoms with Crippen LogP contribution in [0.5, 0.6) is 5.75 Å². The number of rotatable bonds is 4. The van der Waals surface area contributed by atoms with Gasteiger partial charge in [0.15, 0.2) is 0 Å². The molecule has 0 spiro atoms. The zero-order valence-electron chi connectivity index (χ0n) is 9.80. The van der Waals surface area contributed by atoms with Gasteiger partial charge in [0.1, 0.15) is 24.3 Å². The molecule has 0 aromatic heterocycles. The molecule has 0 bridgehead atoms. The maximum Gasteiger partial charge on any atom is 0.123 e. The molecule has 0 aliphatic carbocycles. The third kappa shape index (κ3) is 2.68. The minimum atomic E-state index is -0.223. The van der Waals surface area contributed by atoms with Gasteiger partial charge in [-0.15, -0.1) is 0 Å². The molecule has 1 aliphatic heterocycles. The molecule has 1 heterocycles. The van der Waals surface area contributed by atoms with E-state index in [1.165, 1.54) is 12.1 Å². The third-order valence-electron chi connectivity index (χ3n) is 2.85. The van der Waals surface area contributed by atoms with Gasteiger partial charge in [0.2, 0.25) is 0 Å². The third-order valence-corrected chi connectivity index (χ3v) is 2.85. The van der Waals surface area contributed by atoms with Crippen molar-refractivity contribution < 1.29 is 13.9 Å². The van der Waals surface area contributed by atoms with E-state index in [-0.39, 0.29) is 11.9 Å². The number of halogens is 1. The lowest BCUT2D eigenvalue weighted by molar-refractivity contribution is 0.263. The summed E-state index contributed by atoms with van der Waals surface area (Å²) in [7, 11) is 0. The SMILES string of the molecule is Fc1cccc(-c2ccc(OCC3CO3)cc2)c1.